The van der Waals surface area contributed by atoms with E-state index in [1.165, 1.54) is 17.0 Å². The number of aliphatic hydroxyl groups excluding tert-OH is 2. The number of rotatable bonds is 7. The van der Waals surface area contributed by atoms with Gasteiger partial charge in [-0.25, -0.2) is 13.2 Å². The summed E-state index contributed by atoms with van der Waals surface area (Å²) in [4.78, 5) is 26.2. The molecule has 2 aromatic rings. The Morgan fingerprint density at radius 2 is 1.91 bits per heavy atom. The highest BCUT2D eigenvalue weighted by atomic mass is 127. The van der Waals surface area contributed by atoms with Crippen molar-refractivity contribution >= 4 is 68.4 Å². The van der Waals surface area contributed by atoms with Gasteiger partial charge in [0.25, 0.3) is 5.91 Å². The van der Waals surface area contributed by atoms with Crippen molar-refractivity contribution in [2.45, 2.75) is 22.6 Å². The molecule has 3 unspecified atom stereocenters. The van der Waals surface area contributed by atoms with Crippen LogP contribution in [-0.4, -0.2) is 56.3 Å². The van der Waals surface area contributed by atoms with Gasteiger partial charge in [0.1, 0.15) is 9.87 Å². The molecule has 172 valence electrons. The number of alkyl halides is 1. The van der Waals surface area contributed by atoms with Gasteiger partial charge in [-0.15, -0.1) is 0 Å². The maximum absolute atomic E-state index is 14.6. The number of benzene rings is 2. The Labute approximate surface area is 208 Å². The molecule has 0 aromatic heterocycles. The minimum Gasteiger partial charge on any atom is -0.394 e. The number of carbonyl (C=O) groups is 2. The normalized spacial score (nSPS) is 18.7. The molecule has 12 heteroatoms. The number of anilines is 2. The van der Waals surface area contributed by atoms with Crippen LogP contribution in [0.3, 0.4) is 0 Å². The Morgan fingerprint density at radius 1 is 1.19 bits per heavy atom. The molecule has 0 spiro atoms. The summed E-state index contributed by atoms with van der Waals surface area (Å²) in [5.41, 5.74) is -0.799. The fourth-order valence-electron chi connectivity index (χ4n) is 3.06. The molecular formula is C20H18F3I2N3O4. The van der Waals surface area contributed by atoms with Crippen LogP contribution in [0.15, 0.2) is 30.3 Å². The Morgan fingerprint density at radius 3 is 2.53 bits per heavy atom. The smallest absolute Gasteiger partial charge is 0.257 e. The third-order valence-electron chi connectivity index (χ3n) is 4.78. The van der Waals surface area contributed by atoms with E-state index in [2.05, 4.69) is 10.6 Å². The first-order valence-electron chi connectivity index (χ1n) is 9.35. The zero-order chi connectivity index (χ0) is 23.6. The summed E-state index contributed by atoms with van der Waals surface area (Å²) in [6.45, 7) is -0.451. The molecule has 0 bridgehead atoms. The van der Waals surface area contributed by atoms with Crippen molar-refractivity contribution in [2.24, 2.45) is 0 Å². The summed E-state index contributed by atoms with van der Waals surface area (Å²) in [6, 6.07) is 5.64. The van der Waals surface area contributed by atoms with Crippen LogP contribution in [0, 0.1) is 21.0 Å². The van der Waals surface area contributed by atoms with Gasteiger partial charge in [0.05, 0.1) is 42.1 Å². The fourth-order valence-corrected chi connectivity index (χ4v) is 4.40. The van der Waals surface area contributed by atoms with Crippen LogP contribution in [0.2, 0.25) is 0 Å². The molecule has 3 atom stereocenters. The lowest BCUT2D eigenvalue weighted by atomic mass is 10.0. The number of nitrogens with zero attached hydrogens (tertiary/aromatic N) is 1. The van der Waals surface area contributed by atoms with Crippen molar-refractivity contribution in [3.63, 3.8) is 0 Å². The molecule has 1 saturated heterocycles. The van der Waals surface area contributed by atoms with E-state index < -0.39 is 57.8 Å². The van der Waals surface area contributed by atoms with Crippen LogP contribution >= 0.6 is 45.2 Å². The zero-order valence-electron chi connectivity index (χ0n) is 16.3. The van der Waals surface area contributed by atoms with Crippen molar-refractivity contribution in [3.05, 3.63) is 56.9 Å². The molecule has 1 aliphatic rings. The molecule has 1 heterocycles. The summed E-state index contributed by atoms with van der Waals surface area (Å²) in [5.74, 6) is -4.32. The van der Waals surface area contributed by atoms with Crippen LogP contribution in [0.5, 0.6) is 0 Å². The Kier molecular flexibility index (Phi) is 8.21. The van der Waals surface area contributed by atoms with Gasteiger partial charge in [-0.2, -0.15) is 0 Å². The number of aliphatic hydroxyl groups is 2. The maximum Gasteiger partial charge on any atom is 0.257 e. The SMILES string of the molecule is O=C(CC(O)CO)NC1CN(C(=O)c2ccc(F)c(F)c2Nc2ccc(I)cc2F)C1I. The molecule has 1 fully saturated rings. The van der Waals surface area contributed by atoms with Crippen molar-refractivity contribution in [1.82, 2.24) is 10.2 Å². The van der Waals surface area contributed by atoms with Crippen molar-refractivity contribution in [2.75, 3.05) is 18.5 Å². The molecule has 3 rings (SSSR count). The fraction of sp³-hybridized carbons (Fsp3) is 0.300. The Hall–Kier alpha value is -1.65. The van der Waals surface area contributed by atoms with Crippen LogP contribution in [0.1, 0.15) is 16.8 Å². The van der Waals surface area contributed by atoms with Gasteiger partial charge >= 0.3 is 0 Å². The summed E-state index contributed by atoms with van der Waals surface area (Å²) in [5, 5.41) is 23.3. The van der Waals surface area contributed by atoms with E-state index in [9.17, 15) is 27.9 Å². The van der Waals surface area contributed by atoms with E-state index in [1.54, 1.807) is 6.07 Å². The van der Waals surface area contributed by atoms with E-state index in [0.29, 0.717) is 3.57 Å². The predicted molar refractivity (Wildman–Crippen MR) is 127 cm³/mol. The first-order chi connectivity index (χ1) is 15.1. The third-order valence-corrected chi connectivity index (χ3v) is 6.99. The molecule has 1 aliphatic heterocycles. The van der Waals surface area contributed by atoms with Gasteiger partial charge in [-0.3, -0.25) is 9.59 Å². The van der Waals surface area contributed by atoms with Gasteiger partial charge < -0.3 is 25.7 Å². The van der Waals surface area contributed by atoms with Crippen molar-refractivity contribution < 1.29 is 33.0 Å². The second kappa shape index (κ2) is 10.5. The molecule has 7 nitrogen and oxygen atoms in total. The summed E-state index contributed by atoms with van der Waals surface area (Å²) >= 11 is 3.83. The molecule has 2 amide bonds. The van der Waals surface area contributed by atoms with E-state index in [1.807, 2.05) is 45.2 Å². The largest absolute Gasteiger partial charge is 0.394 e. The number of nitrogens with one attached hydrogen (secondary N) is 2. The maximum atomic E-state index is 14.6. The highest BCUT2D eigenvalue weighted by Crippen LogP contribution is 2.33. The van der Waals surface area contributed by atoms with E-state index in [0.717, 1.165) is 12.1 Å². The second-order valence-electron chi connectivity index (χ2n) is 7.08. The number of amides is 2. The lowest BCUT2D eigenvalue weighted by Crippen LogP contribution is -2.65. The highest BCUT2D eigenvalue weighted by molar-refractivity contribution is 14.1. The number of hydrogen-bond donors (Lipinski definition) is 4. The van der Waals surface area contributed by atoms with Crippen molar-refractivity contribution in [1.29, 1.82) is 0 Å². The van der Waals surface area contributed by atoms with Gasteiger partial charge in [-0.05, 0) is 52.9 Å². The average Bonchev–Trinajstić information content (AvgIpc) is 2.75. The van der Waals surface area contributed by atoms with Gasteiger partial charge in [-0.1, -0.05) is 22.6 Å². The van der Waals surface area contributed by atoms with Gasteiger partial charge in [0.2, 0.25) is 5.91 Å². The van der Waals surface area contributed by atoms with E-state index in [4.69, 9.17) is 5.11 Å². The second-order valence-corrected chi connectivity index (χ2v) is 9.60. The van der Waals surface area contributed by atoms with Gasteiger partial charge in [0, 0.05) is 10.1 Å². The number of hydrogen-bond acceptors (Lipinski definition) is 5. The Balaban J connectivity index is 1.77. The van der Waals surface area contributed by atoms with Crippen molar-refractivity contribution in [3.8, 4) is 0 Å². The number of halogens is 5. The summed E-state index contributed by atoms with van der Waals surface area (Å²) in [7, 11) is 0. The summed E-state index contributed by atoms with van der Waals surface area (Å²) in [6.07, 6.45) is -1.47. The Bertz CT molecular complexity index is 1040. The molecule has 0 aliphatic carbocycles. The monoisotopic (exact) mass is 675 g/mol. The standard InChI is InChI=1S/C20H18F3I2N3O4/c21-12-3-2-11(18(17(12)23)27-14-4-1-9(24)5-13(14)22)20(32)28-7-15(19(28)25)26-16(31)6-10(30)8-29/h1-5,10,15,19,27,29-30H,6-8H2,(H,26,31). The predicted octanol–water partition coefficient (Wildman–Crippen LogP) is 2.90. The quantitative estimate of drug-likeness (QED) is 0.206. The molecule has 0 saturated carbocycles. The third kappa shape index (κ3) is 5.46. The van der Waals surface area contributed by atoms with Crippen LogP contribution < -0.4 is 10.6 Å². The van der Waals surface area contributed by atoms with Crippen LogP contribution in [0.4, 0.5) is 24.5 Å². The first kappa shape index (κ1) is 25.0. The molecular weight excluding hydrogens is 657 g/mol. The molecule has 32 heavy (non-hydrogen) atoms. The highest BCUT2D eigenvalue weighted by Gasteiger charge is 2.42. The molecule has 2 aromatic carbocycles. The summed E-state index contributed by atoms with van der Waals surface area (Å²) < 4.78 is 42.8. The topological polar surface area (TPSA) is 102 Å². The average molecular weight is 675 g/mol. The lowest BCUT2D eigenvalue weighted by molar-refractivity contribution is -0.125. The lowest BCUT2D eigenvalue weighted by Gasteiger charge is -2.45. The van der Waals surface area contributed by atoms with Gasteiger partial charge in [0.15, 0.2) is 11.6 Å². The molecule has 4 N–H and O–H groups in total. The van der Waals surface area contributed by atoms with E-state index >= 15 is 0 Å². The van der Waals surface area contributed by atoms with E-state index in [-0.39, 0.29) is 24.2 Å². The minimum absolute atomic E-state index is 0.101. The number of carbonyl (C=O) groups excluding carboxylic acids is 2. The zero-order valence-corrected chi connectivity index (χ0v) is 20.6. The number of likely N-dealkylation sites (tertiary alicyclic amines) is 1. The first-order valence-corrected chi connectivity index (χ1v) is 11.7. The van der Waals surface area contributed by atoms with Crippen LogP contribution in [0.25, 0.3) is 0 Å². The van der Waals surface area contributed by atoms with Crippen LogP contribution in [-0.2, 0) is 4.79 Å². The molecule has 0 radical (unpaired) electrons. The minimum atomic E-state index is -1.32.